The maximum absolute atomic E-state index is 12.7. The maximum Gasteiger partial charge on any atom is 0.311 e. The van der Waals surface area contributed by atoms with Crippen molar-refractivity contribution in [1.82, 2.24) is 4.98 Å². The van der Waals surface area contributed by atoms with E-state index in [-0.39, 0.29) is 12.1 Å². The number of hydrogen-bond donors (Lipinski definition) is 0. The van der Waals surface area contributed by atoms with Gasteiger partial charge in [-0.3, -0.25) is 4.79 Å². The lowest BCUT2D eigenvalue weighted by molar-refractivity contribution is -0.139. The van der Waals surface area contributed by atoms with E-state index in [2.05, 4.69) is 9.72 Å². The number of carbonyl (C=O) groups is 1. The van der Waals surface area contributed by atoms with E-state index in [9.17, 15) is 18.0 Å². The van der Waals surface area contributed by atoms with E-state index in [4.69, 9.17) is 0 Å². The Morgan fingerprint density at radius 3 is 2.73 bits per heavy atom. The lowest BCUT2D eigenvalue weighted by Gasteiger charge is -2.03. The molecule has 0 saturated carbocycles. The highest BCUT2D eigenvalue weighted by Gasteiger charge is 2.13. The van der Waals surface area contributed by atoms with Gasteiger partial charge in [0.05, 0.1) is 19.2 Å². The number of esters is 1. The van der Waals surface area contributed by atoms with Gasteiger partial charge in [0.1, 0.15) is 0 Å². The summed E-state index contributed by atoms with van der Waals surface area (Å²) in [5.41, 5.74) is -0.571. The predicted octanol–water partition coefficient (Wildman–Crippen LogP) is 1.87. The van der Waals surface area contributed by atoms with E-state index >= 15 is 0 Å². The maximum atomic E-state index is 12.7. The van der Waals surface area contributed by atoms with Crippen LogP contribution in [0.15, 0.2) is 12.1 Å². The van der Waals surface area contributed by atoms with Gasteiger partial charge in [-0.2, -0.15) is 4.39 Å². The topological polar surface area (TPSA) is 39.2 Å². The minimum atomic E-state index is -2.79. The van der Waals surface area contributed by atoms with Crippen LogP contribution in [0, 0.1) is 5.95 Å². The summed E-state index contributed by atoms with van der Waals surface area (Å²) in [6.45, 7) is 0. The molecule has 0 radical (unpaired) electrons. The van der Waals surface area contributed by atoms with Crippen LogP contribution in [0.25, 0.3) is 0 Å². The monoisotopic (exact) mass is 219 g/mol. The first kappa shape index (κ1) is 11.5. The van der Waals surface area contributed by atoms with E-state index in [0.29, 0.717) is 6.07 Å². The summed E-state index contributed by atoms with van der Waals surface area (Å²) >= 11 is 0. The molecule has 0 saturated heterocycles. The van der Waals surface area contributed by atoms with E-state index in [1.165, 1.54) is 0 Å². The van der Waals surface area contributed by atoms with Crippen LogP contribution in [0.3, 0.4) is 0 Å². The summed E-state index contributed by atoms with van der Waals surface area (Å²) in [6.07, 6.45) is -3.12. The molecule has 0 fully saturated rings. The van der Waals surface area contributed by atoms with Crippen LogP contribution >= 0.6 is 0 Å². The number of methoxy groups -OCH3 is 1. The molecule has 0 bridgehead atoms. The third-order valence-corrected chi connectivity index (χ3v) is 1.67. The highest BCUT2D eigenvalue weighted by Crippen LogP contribution is 2.19. The lowest BCUT2D eigenvalue weighted by Crippen LogP contribution is -2.07. The number of halogens is 3. The molecule has 15 heavy (non-hydrogen) atoms. The standard InChI is InChI=1S/C9H8F3NO2/c1-15-8(14)4-6-2-5(9(11)12)3-7(10)13-6/h2-3,9H,4H2,1H3. The first-order valence-corrected chi connectivity index (χ1v) is 4.04. The van der Waals surface area contributed by atoms with E-state index in [1.807, 2.05) is 0 Å². The van der Waals surface area contributed by atoms with Gasteiger partial charge < -0.3 is 4.74 Å². The second-order valence-electron chi connectivity index (χ2n) is 2.77. The molecule has 0 aliphatic carbocycles. The zero-order valence-electron chi connectivity index (χ0n) is 7.84. The predicted molar refractivity (Wildman–Crippen MR) is 44.9 cm³/mol. The van der Waals surface area contributed by atoms with Crippen molar-refractivity contribution in [3.8, 4) is 0 Å². The Labute approximate surface area is 83.9 Å². The smallest absolute Gasteiger partial charge is 0.311 e. The molecule has 0 aliphatic heterocycles. The van der Waals surface area contributed by atoms with Gasteiger partial charge in [0.2, 0.25) is 5.95 Å². The molecule has 0 aliphatic rings. The van der Waals surface area contributed by atoms with E-state index in [0.717, 1.165) is 13.2 Å². The Bertz CT molecular complexity index is 368. The Morgan fingerprint density at radius 2 is 2.20 bits per heavy atom. The molecule has 1 heterocycles. The summed E-state index contributed by atoms with van der Waals surface area (Å²) in [4.78, 5) is 14.1. The van der Waals surface area contributed by atoms with Crippen molar-refractivity contribution in [2.75, 3.05) is 7.11 Å². The average Bonchev–Trinajstić information content (AvgIpc) is 2.16. The lowest BCUT2D eigenvalue weighted by atomic mass is 10.2. The third kappa shape index (κ3) is 3.23. The second kappa shape index (κ2) is 4.77. The number of ether oxygens (including phenoxy) is 1. The number of rotatable bonds is 3. The molecule has 0 N–H and O–H groups in total. The fourth-order valence-electron chi connectivity index (χ4n) is 1.01. The molecule has 0 unspecified atom stereocenters. The number of carbonyl (C=O) groups excluding carboxylic acids is 1. The Kier molecular flexibility index (Phi) is 3.65. The van der Waals surface area contributed by atoms with Crippen LogP contribution in [0.5, 0.6) is 0 Å². The highest BCUT2D eigenvalue weighted by molar-refractivity contribution is 5.71. The number of aromatic nitrogens is 1. The van der Waals surface area contributed by atoms with Crippen molar-refractivity contribution in [1.29, 1.82) is 0 Å². The third-order valence-electron chi connectivity index (χ3n) is 1.67. The van der Waals surface area contributed by atoms with Crippen LogP contribution in [-0.2, 0) is 16.0 Å². The van der Waals surface area contributed by atoms with Gasteiger partial charge in [-0.25, -0.2) is 13.8 Å². The Balaban J connectivity index is 2.93. The molecular weight excluding hydrogens is 211 g/mol. The number of alkyl halides is 2. The number of nitrogens with zero attached hydrogens (tertiary/aromatic N) is 1. The molecule has 1 rings (SSSR count). The molecule has 0 spiro atoms. The van der Waals surface area contributed by atoms with Crippen molar-refractivity contribution in [3.05, 3.63) is 29.3 Å². The van der Waals surface area contributed by atoms with Gasteiger partial charge in [-0.15, -0.1) is 0 Å². The molecule has 0 amide bonds. The molecular formula is C9H8F3NO2. The van der Waals surface area contributed by atoms with Gasteiger partial charge in [-0.05, 0) is 6.07 Å². The van der Waals surface area contributed by atoms with E-state index < -0.39 is 23.9 Å². The van der Waals surface area contributed by atoms with Crippen LogP contribution in [-0.4, -0.2) is 18.1 Å². The van der Waals surface area contributed by atoms with Gasteiger partial charge in [0.25, 0.3) is 6.43 Å². The molecule has 1 aromatic heterocycles. The Hall–Kier alpha value is -1.59. The first-order valence-electron chi connectivity index (χ1n) is 4.04. The van der Waals surface area contributed by atoms with Crippen LogP contribution in [0.1, 0.15) is 17.7 Å². The minimum absolute atomic E-state index is 0.0721. The zero-order valence-corrected chi connectivity index (χ0v) is 7.84. The van der Waals surface area contributed by atoms with Crippen molar-refractivity contribution in [3.63, 3.8) is 0 Å². The molecule has 3 nitrogen and oxygen atoms in total. The van der Waals surface area contributed by atoms with Crippen LogP contribution in [0.2, 0.25) is 0 Å². The minimum Gasteiger partial charge on any atom is -0.469 e. The summed E-state index contributed by atoms with van der Waals surface area (Å²) in [5, 5.41) is 0. The second-order valence-corrected chi connectivity index (χ2v) is 2.77. The molecule has 82 valence electrons. The van der Waals surface area contributed by atoms with Crippen molar-refractivity contribution < 1.29 is 22.7 Å². The first-order chi connectivity index (χ1) is 7.02. The molecule has 1 aromatic rings. The number of hydrogen-bond acceptors (Lipinski definition) is 3. The van der Waals surface area contributed by atoms with Crippen molar-refractivity contribution >= 4 is 5.97 Å². The average molecular weight is 219 g/mol. The van der Waals surface area contributed by atoms with Crippen molar-refractivity contribution in [2.45, 2.75) is 12.8 Å². The largest absolute Gasteiger partial charge is 0.469 e. The van der Waals surface area contributed by atoms with Crippen LogP contribution in [0.4, 0.5) is 13.2 Å². The summed E-state index contributed by atoms with van der Waals surface area (Å²) in [5.74, 6) is -1.69. The normalized spacial score (nSPS) is 10.5. The van der Waals surface area contributed by atoms with Crippen LogP contribution < -0.4 is 0 Å². The fourth-order valence-corrected chi connectivity index (χ4v) is 1.01. The zero-order chi connectivity index (χ0) is 11.4. The molecule has 6 heteroatoms. The van der Waals surface area contributed by atoms with Gasteiger partial charge in [0.15, 0.2) is 0 Å². The summed E-state index contributed by atoms with van der Waals surface area (Å²) < 4.78 is 41.5. The van der Waals surface area contributed by atoms with Crippen molar-refractivity contribution in [2.24, 2.45) is 0 Å². The number of pyridine rings is 1. The van der Waals surface area contributed by atoms with Gasteiger partial charge >= 0.3 is 5.97 Å². The van der Waals surface area contributed by atoms with Gasteiger partial charge in [0, 0.05) is 11.6 Å². The highest BCUT2D eigenvalue weighted by atomic mass is 19.3. The SMILES string of the molecule is COC(=O)Cc1cc(C(F)F)cc(F)n1. The Morgan fingerprint density at radius 1 is 1.53 bits per heavy atom. The molecule has 0 aromatic carbocycles. The fraction of sp³-hybridized carbons (Fsp3) is 0.333. The molecule has 0 atom stereocenters. The van der Waals surface area contributed by atoms with Gasteiger partial charge in [-0.1, -0.05) is 0 Å². The summed E-state index contributed by atoms with van der Waals surface area (Å²) in [6, 6.07) is 1.61. The van der Waals surface area contributed by atoms with E-state index in [1.54, 1.807) is 0 Å². The summed E-state index contributed by atoms with van der Waals surface area (Å²) in [7, 11) is 1.15. The quantitative estimate of drug-likeness (QED) is 0.575.